The second-order valence-electron chi connectivity index (χ2n) is 7.02. The molecule has 164 valence electrons. The summed E-state index contributed by atoms with van der Waals surface area (Å²) in [6, 6.07) is 12.0. The fourth-order valence-corrected chi connectivity index (χ4v) is 4.64. The third-order valence-electron chi connectivity index (χ3n) is 5.17. The van der Waals surface area contributed by atoms with Crippen molar-refractivity contribution in [1.82, 2.24) is 4.90 Å². The topological polar surface area (TPSA) is 50.8 Å². The number of methoxy groups -OCH3 is 1. The number of nitrogens with zero attached hydrogens (tertiary/aromatic N) is 1. The first-order valence-electron chi connectivity index (χ1n) is 10.2. The van der Waals surface area contributed by atoms with Crippen molar-refractivity contribution in [2.75, 3.05) is 38.7 Å². The van der Waals surface area contributed by atoms with Gasteiger partial charge in [-0.15, -0.1) is 12.4 Å². The normalized spacial score (nSPS) is 14.6. The molecule has 1 unspecified atom stereocenters. The van der Waals surface area contributed by atoms with Gasteiger partial charge >= 0.3 is 0 Å². The maximum absolute atomic E-state index is 12.4. The molecular formula is C23H31ClN2O3S. The Balaban J connectivity index is 0.00000320. The van der Waals surface area contributed by atoms with E-state index in [1.807, 2.05) is 18.2 Å². The number of halogens is 1. The van der Waals surface area contributed by atoms with Gasteiger partial charge in [0, 0.05) is 22.7 Å². The molecule has 0 saturated heterocycles. The van der Waals surface area contributed by atoms with Gasteiger partial charge in [-0.05, 0) is 50.7 Å². The molecule has 0 radical (unpaired) electrons. The lowest BCUT2D eigenvalue weighted by atomic mass is 10.0. The highest BCUT2D eigenvalue weighted by Crippen LogP contribution is 2.49. The molecule has 0 saturated carbocycles. The Morgan fingerprint density at radius 2 is 1.93 bits per heavy atom. The van der Waals surface area contributed by atoms with E-state index >= 15 is 0 Å². The highest BCUT2D eigenvalue weighted by atomic mass is 35.5. The van der Waals surface area contributed by atoms with Crippen molar-refractivity contribution in [2.45, 2.75) is 37.5 Å². The molecule has 1 atom stereocenters. The number of carbonyl (C=O) groups excluding carboxylic acids is 1. The van der Waals surface area contributed by atoms with E-state index in [1.54, 1.807) is 31.9 Å². The second kappa shape index (κ2) is 11.5. The van der Waals surface area contributed by atoms with Crippen LogP contribution in [-0.2, 0) is 0 Å². The molecule has 1 aliphatic heterocycles. The van der Waals surface area contributed by atoms with Crippen LogP contribution in [-0.4, -0.2) is 44.0 Å². The molecule has 0 aromatic heterocycles. The van der Waals surface area contributed by atoms with E-state index in [1.165, 1.54) is 4.90 Å². The molecule has 7 heteroatoms. The van der Waals surface area contributed by atoms with Gasteiger partial charge in [-0.1, -0.05) is 37.7 Å². The predicted octanol–water partition coefficient (Wildman–Crippen LogP) is 5.65. The average molecular weight is 451 g/mol. The number of ether oxygens (including phenoxy) is 2. The van der Waals surface area contributed by atoms with Crippen LogP contribution in [0.25, 0.3) is 0 Å². The standard InChI is InChI=1S/C23H30N2O3S.ClH/c1-5-25(6-2)12-9-13-28-22-18(16(3)26)14-17(27-4)15-19(22)23-24-20-10-7-8-11-21(20)29-23;/h7-8,10-11,14-15,23-24H,5-6,9,12-13H2,1-4H3;1H. The molecule has 2 aromatic carbocycles. The number of hydrogen-bond donors (Lipinski definition) is 1. The Kier molecular flexibility index (Phi) is 9.34. The first-order valence-corrected chi connectivity index (χ1v) is 11.1. The van der Waals surface area contributed by atoms with Gasteiger partial charge in [-0.25, -0.2) is 0 Å². The molecule has 0 aliphatic carbocycles. The molecule has 30 heavy (non-hydrogen) atoms. The smallest absolute Gasteiger partial charge is 0.163 e. The van der Waals surface area contributed by atoms with Crippen molar-refractivity contribution < 1.29 is 14.3 Å². The fourth-order valence-electron chi connectivity index (χ4n) is 3.49. The molecule has 0 amide bonds. The van der Waals surface area contributed by atoms with Crippen LogP contribution in [0.2, 0.25) is 0 Å². The number of rotatable bonds is 10. The van der Waals surface area contributed by atoms with E-state index in [0.29, 0.717) is 23.7 Å². The Morgan fingerprint density at radius 3 is 2.57 bits per heavy atom. The van der Waals surface area contributed by atoms with E-state index in [4.69, 9.17) is 9.47 Å². The van der Waals surface area contributed by atoms with Crippen LogP contribution < -0.4 is 14.8 Å². The number of benzene rings is 2. The van der Waals surface area contributed by atoms with E-state index in [2.05, 4.69) is 36.2 Å². The third kappa shape index (κ3) is 5.62. The minimum Gasteiger partial charge on any atom is -0.497 e. The SMILES string of the molecule is CCN(CC)CCCOc1c(C(C)=O)cc(OC)cc1C1Nc2ccccc2S1.Cl. The zero-order valence-electron chi connectivity index (χ0n) is 18.1. The lowest BCUT2D eigenvalue weighted by Crippen LogP contribution is -2.25. The van der Waals surface area contributed by atoms with Gasteiger partial charge in [0.25, 0.3) is 0 Å². The van der Waals surface area contributed by atoms with Crippen LogP contribution in [0, 0.1) is 0 Å². The van der Waals surface area contributed by atoms with E-state index < -0.39 is 0 Å². The summed E-state index contributed by atoms with van der Waals surface area (Å²) in [5.74, 6) is 1.30. The van der Waals surface area contributed by atoms with Crippen LogP contribution in [0.3, 0.4) is 0 Å². The van der Waals surface area contributed by atoms with Crippen LogP contribution in [0.1, 0.15) is 48.5 Å². The number of fused-ring (bicyclic) bond motifs is 1. The largest absolute Gasteiger partial charge is 0.497 e. The lowest BCUT2D eigenvalue weighted by Gasteiger charge is -2.21. The van der Waals surface area contributed by atoms with E-state index in [9.17, 15) is 4.79 Å². The van der Waals surface area contributed by atoms with E-state index in [-0.39, 0.29) is 23.6 Å². The van der Waals surface area contributed by atoms with Crippen molar-refractivity contribution in [2.24, 2.45) is 0 Å². The van der Waals surface area contributed by atoms with Crippen molar-refractivity contribution in [3.63, 3.8) is 0 Å². The Hall–Kier alpha value is -1.89. The number of thioether (sulfide) groups is 1. The van der Waals surface area contributed by atoms with Gasteiger partial charge in [0.15, 0.2) is 5.78 Å². The number of hydrogen-bond acceptors (Lipinski definition) is 6. The number of nitrogens with one attached hydrogen (secondary N) is 1. The summed E-state index contributed by atoms with van der Waals surface area (Å²) in [5, 5.41) is 3.51. The van der Waals surface area contributed by atoms with Crippen LogP contribution >= 0.6 is 24.2 Å². The van der Waals surface area contributed by atoms with Gasteiger partial charge in [0.2, 0.25) is 0 Å². The van der Waals surface area contributed by atoms with Crippen molar-refractivity contribution in [3.8, 4) is 11.5 Å². The van der Waals surface area contributed by atoms with Crippen molar-refractivity contribution >= 4 is 35.6 Å². The summed E-state index contributed by atoms with van der Waals surface area (Å²) < 4.78 is 11.7. The average Bonchev–Trinajstić information content (AvgIpc) is 3.17. The highest BCUT2D eigenvalue weighted by molar-refractivity contribution is 8.00. The van der Waals surface area contributed by atoms with Gasteiger partial charge in [0.05, 0.1) is 19.3 Å². The van der Waals surface area contributed by atoms with Crippen molar-refractivity contribution in [1.29, 1.82) is 0 Å². The second-order valence-corrected chi connectivity index (χ2v) is 8.16. The van der Waals surface area contributed by atoms with Gasteiger partial charge in [-0.2, -0.15) is 0 Å². The molecule has 1 N–H and O–H groups in total. The number of ketones is 1. The quantitative estimate of drug-likeness (QED) is 0.373. The number of para-hydroxylation sites is 1. The minimum atomic E-state index is -0.0293. The molecule has 2 aromatic rings. The summed E-state index contributed by atoms with van der Waals surface area (Å²) in [4.78, 5) is 15.9. The number of Topliss-reactive ketones (excluding diaryl/α,β-unsaturated/α-hetero) is 1. The van der Waals surface area contributed by atoms with Gasteiger partial charge in [-0.3, -0.25) is 4.79 Å². The summed E-state index contributed by atoms with van der Waals surface area (Å²) in [6.07, 6.45) is 0.913. The molecule has 3 rings (SSSR count). The molecular weight excluding hydrogens is 420 g/mol. The Bertz CT molecular complexity index is 833. The van der Waals surface area contributed by atoms with Crippen molar-refractivity contribution in [3.05, 3.63) is 47.5 Å². The summed E-state index contributed by atoms with van der Waals surface area (Å²) in [7, 11) is 1.62. The third-order valence-corrected chi connectivity index (χ3v) is 6.38. The van der Waals surface area contributed by atoms with Crippen LogP contribution in [0.4, 0.5) is 5.69 Å². The molecule has 1 aliphatic rings. The zero-order chi connectivity index (χ0) is 20.8. The summed E-state index contributed by atoms with van der Waals surface area (Å²) >= 11 is 1.73. The molecule has 0 bridgehead atoms. The van der Waals surface area contributed by atoms with E-state index in [0.717, 1.165) is 37.3 Å². The summed E-state index contributed by atoms with van der Waals surface area (Å²) in [5.41, 5.74) is 2.61. The monoisotopic (exact) mass is 450 g/mol. The highest BCUT2D eigenvalue weighted by Gasteiger charge is 2.28. The Labute approximate surface area is 189 Å². The minimum absolute atomic E-state index is 0. The maximum Gasteiger partial charge on any atom is 0.163 e. The summed E-state index contributed by atoms with van der Waals surface area (Å²) in [6.45, 7) is 9.52. The maximum atomic E-state index is 12.4. The first kappa shape index (κ1) is 24.4. The fraction of sp³-hybridized carbons (Fsp3) is 0.435. The predicted molar refractivity (Wildman–Crippen MR) is 127 cm³/mol. The molecule has 5 nitrogen and oxygen atoms in total. The lowest BCUT2D eigenvalue weighted by molar-refractivity contribution is 0.101. The van der Waals surface area contributed by atoms with Gasteiger partial charge in [0.1, 0.15) is 16.9 Å². The van der Waals surface area contributed by atoms with Crippen LogP contribution in [0.15, 0.2) is 41.3 Å². The number of anilines is 1. The zero-order valence-corrected chi connectivity index (χ0v) is 19.7. The molecule has 1 heterocycles. The van der Waals surface area contributed by atoms with Gasteiger partial charge < -0.3 is 19.7 Å². The molecule has 0 spiro atoms. The molecule has 0 fully saturated rings. The Morgan fingerprint density at radius 1 is 1.20 bits per heavy atom. The number of carbonyl (C=O) groups is 1. The van der Waals surface area contributed by atoms with Crippen LogP contribution in [0.5, 0.6) is 11.5 Å². The first-order chi connectivity index (χ1) is 14.1.